The molecule has 31 heavy (non-hydrogen) atoms. The summed E-state index contributed by atoms with van der Waals surface area (Å²) in [6, 6.07) is 10.5. The van der Waals surface area contributed by atoms with Crippen molar-refractivity contribution in [2.45, 2.75) is 13.0 Å². The Kier molecular flexibility index (Phi) is 5.51. The van der Waals surface area contributed by atoms with Crippen LogP contribution in [0.1, 0.15) is 17.3 Å². The Morgan fingerprint density at radius 3 is 2.68 bits per heavy atom. The fourth-order valence-electron chi connectivity index (χ4n) is 3.28. The van der Waals surface area contributed by atoms with Crippen LogP contribution in [0.25, 0.3) is 11.3 Å². The van der Waals surface area contributed by atoms with Gasteiger partial charge < -0.3 is 19.1 Å². The molecule has 0 radical (unpaired) electrons. The van der Waals surface area contributed by atoms with Crippen molar-refractivity contribution in [1.82, 2.24) is 4.98 Å². The first kappa shape index (κ1) is 20.7. The predicted octanol–water partition coefficient (Wildman–Crippen LogP) is 3.82. The first-order valence-electron chi connectivity index (χ1n) is 9.49. The normalized spacial score (nSPS) is 15.2. The molecule has 2 heterocycles. The van der Waals surface area contributed by atoms with Crippen molar-refractivity contribution < 1.29 is 23.8 Å². The van der Waals surface area contributed by atoms with Crippen molar-refractivity contribution in [3.8, 4) is 28.5 Å². The Labute approximate surface area is 183 Å². The molecular formula is C22H21N3O5S. The lowest BCUT2D eigenvalue weighted by molar-refractivity contribution is -0.125. The second kappa shape index (κ2) is 8.27. The number of anilines is 2. The van der Waals surface area contributed by atoms with Gasteiger partial charge in [-0.15, -0.1) is 11.3 Å². The molecule has 8 nitrogen and oxygen atoms in total. The van der Waals surface area contributed by atoms with Crippen LogP contribution in [0.15, 0.2) is 41.8 Å². The number of nitrogens with zero attached hydrogens (tertiary/aromatic N) is 2. The van der Waals surface area contributed by atoms with Gasteiger partial charge in [-0.1, -0.05) is 0 Å². The lowest BCUT2D eigenvalue weighted by Gasteiger charge is -2.30. The van der Waals surface area contributed by atoms with Crippen molar-refractivity contribution in [2.75, 3.05) is 31.5 Å². The number of carbonyl (C=O) groups is 2. The monoisotopic (exact) mass is 439 g/mol. The summed E-state index contributed by atoms with van der Waals surface area (Å²) in [6.07, 6.45) is -0.513. The first-order valence-corrected chi connectivity index (χ1v) is 10.4. The van der Waals surface area contributed by atoms with Gasteiger partial charge in [0.1, 0.15) is 5.75 Å². The van der Waals surface area contributed by atoms with Crippen molar-refractivity contribution >= 4 is 34.0 Å². The molecule has 3 aromatic rings. The Morgan fingerprint density at radius 1 is 1.16 bits per heavy atom. The molecule has 0 bridgehead atoms. The van der Waals surface area contributed by atoms with Crippen LogP contribution >= 0.6 is 11.3 Å². The number of benzene rings is 2. The van der Waals surface area contributed by atoms with Gasteiger partial charge in [-0.05, 0) is 43.3 Å². The molecule has 2 amide bonds. The molecule has 1 aliphatic rings. The summed E-state index contributed by atoms with van der Waals surface area (Å²) in [4.78, 5) is 30.9. The van der Waals surface area contributed by atoms with E-state index in [-0.39, 0.29) is 11.8 Å². The van der Waals surface area contributed by atoms with E-state index < -0.39 is 6.10 Å². The van der Waals surface area contributed by atoms with Crippen LogP contribution in [-0.2, 0) is 4.79 Å². The third kappa shape index (κ3) is 3.91. The van der Waals surface area contributed by atoms with Gasteiger partial charge in [-0.3, -0.25) is 14.9 Å². The predicted molar refractivity (Wildman–Crippen MR) is 119 cm³/mol. The fraction of sp³-hybridized carbons (Fsp3) is 0.227. The topological polar surface area (TPSA) is 90.0 Å². The quantitative estimate of drug-likeness (QED) is 0.650. The van der Waals surface area contributed by atoms with Gasteiger partial charge in [0.05, 0.1) is 25.6 Å². The minimum atomic E-state index is -0.513. The van der Waals surface area contributed by atoms with Gasteiger partial charge in [-0.25, -0.2) is 4.98 Å². The van der Waals surface area contributed by atoms with Crippen LogP contribution in [0.5, 0.6) is 17.2 Å². The Bertz CT molecular complexity index is 1160. The number of nitrogens with one attached hydrogen (secondary N) is 1. The number of methoxy groups -OCH3 is 2. The molecule has 1 aliphatic heterocycles. The van der Waals surface area contributed by atoms with Crippen LogP contribution in [-0.4, -0.2) is 44.2 Å². The van der Waals surface area contributed by atoms with Gasteiger partial charge in [0, 0.05) is 23.6 Å². The fourth-order valence-corrected chi connectivity index (χ4v) is 4.00. The summed E-state index contributed by atoms with van der Waals surface area (Å²) >= 11 is 1.31. The van der Waals surface area contributed by atoms with E-state index in [0.717, 1.165) is 5.56 Å². The third-order valence-electron chi connectivity index (χ3n) is 4.97. The molecule has 0 unspecified atom stereocenters. The van der Waals surface area contributed by atoms with E-state index in [9.17, 15) is 9.59 Å². The van der Waals surface area contributed by atoms with E-state index in [1.807, 2.05) is 23.6 Å². The number of hydrogen-bond donors (Lipinski definition) is 1. The highest BCUT2D eigenvalue weighted by molar-refractivity contribution is 7.14. The molecule has 0 saturated heterocycles. The molecule has 0 fully saturated rings. The molecule has 0 saturated carbocycles. The molecule has 1 aromatic heterocycles. The number of amides is 2. The van der Waals surface area contributed by atoms with E-state index in [0.29, 0.717) is 39.3 Å². The van der Waals surface area contributed by atoms with Crippen LogP contribution in [0, 0.1) is 0 Å². The molecule has 1 N–H and O–H groups in total. The summed E-state index contributed by atoms with van der Waals surface area (Å²) in [7, 11) is 4.78. The smallest absolute Gasteiger partial charge is 0.267 e. The summed E-state index contributed by atoms with van der Waals surface area (Å²) < 4.78 is 16.1. The summed E-state index contributed by atoms with van der Waals surface area (Å²) in [6.45, 7) is 1.73. The molecule has 1 atom stereocenters. The second-order valence-electron chi connectivity index (χ2n) is 6.90. The summed E-state index contributed by atoms with van der Waals surface area (Å²) in [5, 5.41) is 5.11. The number of likely N-dealkylation sites (N-methyl/N-ethyl adjacent to an activating group) is 1. The Morgan fingerprint density at radius 2 is 1.94 bits per heavy atom. The highest BCUT2D eigenvalue weighted by atomic mass is 32.1. The number of thiazole rings is 1. The highest BCUT2D eigenvalue weighted by Gasteiger charge is 2.29. The maximum atomic E-state index is 12.6. The van der Waals surface area contributed by atoms with Crippen molar-refractivity contribution in [3.05, 3.63) is 47.3 Å². The van der Waals surface area contributed by atoms with E-state index >= 15 is 0 Å². The van der Waals surface area contributed by atoms with E-state index in [1.54, 1.807) is 37.1 Å². The maximum Gasteiger partial charge on any atom is 0.267 e. The first-order chi connectivity index (χ1) is 14.9. The molecule has 0 spiro atoms. The number of rotatable bonds is 5. The summed E-state index contributed by atoms with van der Waals surface area (Å²) in [5.74, 6) is 1.26. The van der Waals surface area contributed by atoms with Gasteiger partial charge in [-0.2, -0.15) is 0 Å². The molecule has 0 aliphatic carbocycles. The molecular weight excluding hydrogens is 418 g/mol. The van der Waals surface area contributed by atoms with Crippen LogP contribution in [0.4, 0.5) is 10.8 Å². The summed E-state index contributed by atoms with van der Waals surface area (Å²) in [5.41, 5.74) is 2.62. The van der Waals surface area contributed by atoms with Gasteiger partial charge in [0.2, 0.25) is 0 Å². The van der Waals surface area contributed by atoms with Crippen LogP contribution in [0.3, 0.4) is 0 Å². The standard InChI is InChI=1S/C22H21N3O5S/c1-12-21(27)25(2)16-9-13(5-7-17(16)30-12)15-11-31-22(23-15)24-20(26)14-6-8-18(28-3)19(10-14)29-4/h5-12H,1-4H3,(H,23,24,26)/t12-/m1/s1. The van der Waals surface area contributed by atoms with Gasteiger partial charge in [0.15, 0.2) is 22.7 Å². The number of aromatic nitrogens is 1. The number of hydrogen-bond acceptors (Lipinski definition) is 7. The van der Waals surface area contributed by atoms with Crippen molar-refractivity contribution in [2.24, 2.45) is 0 Å². The molecule has 4 rings (SSSR count). The highest BCUT2D eigenvalue weighted by Crippen LogP contribution is 2.37. The van der Waals surface area contributed by atoms with Crippen molar-refractivity contribution in [3.63, 3.8) is 0 Å². The average Bonchev–Trinajstić information content (AvgIpc) is 3.25. The number of fused-ring (bicyclic) bond motifs is 1. The lowest BCUT2D eigenvalue weighted by atomic mass is 10.1. The van der Waals surface area contributed by atoms with E-state index in [2.05, 4.69) is 10.3 Å². The molecule has 160 valence electrons. The zero-order valence-corrected chi connectivity index (χ0v) is 18.3. The van der Waals surface area contributed by atoms with E-state index in [1.165, 1.54) is 25.6 Å². The SMILES string of the molecule is COc1ccc(C(=O)Nc2nc(-c3ccc4c(c3)N(C)C(=O)[C@@H](C)O4)cs2)cc1OC. The lowest BCUT2D eigenvalue weighted by Crippen LogP contribution is -2.41. The number of ether oxygens (including phenoxy) is 3. The zero-order chi connectivity index (χ0) is 22.1. The maximum absolute atomic E-state index is 12.6. The average molecular weight is 439 g/mol. The molecule has 2 aromatic carbocycles. The minimum Gasteiger partial charge on any atom is -0.493 e. The van der Waals surface area contributed by atoms with E-state index in [4.69, 9.17) is 14.2 Å². The van der Waals surface area contributed by atoms with Gasteiger partial charge in [0.25, 0.3) is 11.8 Å². The third-order valence-corrected chi connectivity index (χ3v) is 5.73. The van der Waals surface area contributed by atoms with Crippen LogP contribution in [0.2, 0.25) is 0 Å². The molecule has 9 heteroatoms. The Hall–Kier alpha value is -3.59. The van der Waals surface area contributed by atoms with Gasteiger partial charge >= 0.3 is 0 Å². The largest absolute Gasteiger partial charge is 0.493 e. The van der Waals surface area contributed by atoms with Crippen LogP contribution < -0.4 is 24.4 Å². The zero-order valence-electron chi connectivity index (χ0n) is 17.5. The second-order valence-corrected chi connectivity index (χ2v) is 7.76. The van der Waals surface area contributed by atoms with Crippen molar-refractivity contribution in [1.29, 1.82) is 0 Å². The Balaban J connectivity index is 1.54. The minimum absolute atomic E-state index is 0.106. The number of carbonyl (C=O) groups excluding carboxylic acids is 2.